The fraction of sp³-hybridized carbons (Fsp3) is 0.464. The number of halogens is 1. The number of amidine groups is 1. The molecule has 2 N–H and O–H groups in total. The minimum atomic E-state index is -0.176. The number of aliphatic imine (C=N–C) groups is 1. The number of carbonyl (C=O) groups is 1. The maximum atomic E-state index is 11.0. The lowest BCUT2D eigenvalue weighted by molar-refractivity contribution is -0.119. The number of carbonyl (C=O) groups excluding carboxylic acids is 1. The molecular weight excluding hydrogens is 472 g/mol. The lowest BCUT2D eigenvalue weighted by atomic mass is 9.95. The summed E-state index contributed by atoms with van der Waals surface area (Å²) in [5.74, 6) is 1.27. The van der Waals surface area contributed by atoms with Gasteiger partial charge in [0.05, 0.1) is 16.9 Å². The van der Waals surface area contributed by atoms with Gasteiger partial charge in [-0.15, -0.1) is 0 Å². The maximum Gasteiger partial charge on any atom is 0.209 e. The van der Waals surface area contributed by atoms with Crippen molar-refractivity contribution in [3.63, 3.8) is 0 Å². The zero-order valence-electron chi connectivity index (χ0n) is 21.5. The van der Waals surface area contributed by atoms with Crippen LogP contribution in [0, 0.1) is 5.92 Å². The lowest BCUT2D eigenvalue weighted by Gasteiger charge is -2.32. The SMILES string of the molecule is C/C=C(Cl)\C1=N/C(C)Nc2cncc(c2)CCc2cc(ccc2CN(C)CC2CCN(C=O)CC2)N1. The highest BCUT2D eigenvalue weighted by molar-refractivity contribution is 6.44. The van der Waals surface area contributed by atoms with Crippen LogP contribution in [0.5, 0.6) is 0 Å². The van der Waals surface area contributed by atoms with Crippen LogP contribution >= 0.6 is 11.6 Å². The van der Waals surface area contributed by atoms with Crippen LogP contribution in [0.1, 0.15) is 43.4 Å². The largest absolute Gasteiger partial charge is 0.363 e. The third-order valence-electron chi connectivity index (χ3n) is 6.93. The number of benzene rings is 1. The number of allylic oxidation sites excluding steroid dienone is 1. The van der Waals surface area contributed by atoms with Gasteiger partial charge in [-0.05, 0) is 87.4 Å². The summed E-state index contributed by atoms with van der Waals surface area (Å²) >= 11 is 6.52. The molecule has 2 aromatic rings. The molecule has 192 valence electrons. The predicted octanol–water partition coefficient (Wildman–Crippen LogP) is 4.89. The Kier molecular flexibility index (Phi) is 8.99. The van der Waals surface area contributed by atoms with E-state index in [0.29, 0.717) is 16.8 Å². The number of rotatable bonds is 6. The van der Waals surface area contributed by atoms with Gasteiger partial charge in [0.25, 0.3) is 0 Å². The number of pyridine rings is 1. The van der Waals surface area contributed by atoms with Crippen molar-refractivity contribution in [3.05, 3.63) is 64.5 Å². The van der Waals surface area contributed by atoms with Gasteiger partial charge in [0.1, 0.15) is 12.0 Å². The van der Waals surface area contributed by atoms with Crippen LogP contribution in [0.2, 0.25) is 0 Å². The van der Waals surface area contributed by atoms with Crippen molar-refractivity contribution in [2.45, 2.75) is 52.2 Å². The number of hydrogen-bond donors (Lipinski definition) is 2. The van der Waals surface area contributed by atoms with E-state index in [4.69, 9.17) is 16.6 Å². The van der Waals surface area contributed by atoms with E-state index in [1.165, 1.54) is 16.7 Å². The van der Waals surface area contributed by atoms with E-state index >= 15 is 0 Å². The molecule has 2 aliphatic heterocycles. The Balaban J connectivity index is 1.56. The van der Waals surface area contributed by atoms with Crippen molar-refractivity contribution in [1.29, 1.82) is 0 Å². The van der Waals surface area contributed by atoms with Crippen molar-refractivity contribution in [2.75, 3.05) is 37.3 Å². The molecule has 1 aromatic heterocycles. The summed E-state index contributed by atoms with van der Waals surface area (Å²) in [4.78, 5) is 24.6. The second kappa shape index (κ2) is 12.4. The fourth-order valence-corrected chi connectivity index (χ4v) is 5.10. The Hall–Kier alpha value is -2.90. The van der Waals surface area contributed by atoms with Gasteiger partial charge < -0.3 is 20.4 Å². The van der Waals surface area contributed by atoms with Crippen LogP contribution in [0.25, 0.3) is 0 Å². The second-order valence-electron chi connectivity index (χ2n) is 9.91. The van der Waals surface area contributed by atoms with Gasteiger partial charge in [0.2, 0.25) is 6.41 Å². The highest BCUT2D eigenvalue weighted by Gasteiger charge is 2.20. The molecule has 4 rings (SSSR count). The Morgan fingerprint density at radius 3 is 2.75 bits per heavy atom. The molecule has 2 aliphatic rings. The third-order valence-corrected chi connectivity index (χ3v) is 7.33. The fourth-order valence-electron chi connectivity index (χ4n) is 5.00. The number of aryl methyl sites for hydroxylation is 2. The van der Waals surface area contributed by atoms with Crippen LogP contribution in [0.4, 0.5) is 11.4 Å². The molecule has 3 heterocycles. The molecule has 7 nitrogen and oxygen atoms in total. The van der Waals surface area contributed by atoms with Crippen molar-refractivity contribution < 1.29 is 4.79 Å². The van der Waals surface area contributed by atoms with E-state index in [9.17, 15) is 4.79 Å². The second-order valence-corrected chi connectivity index (χ2v) is 10.3. The average molecular weight is 509 g/mol. The maximum absolute atomic E-state index is 11.0. The Labute approximate surface area is 219 Å². The summed E-state index contributed by atoms with van der Waals surface area (Å²) in [5, 5.41) is 7.44. The number of amides is 1. The standard InChI is InChI=1S/C28H37ClN6O/c1-4-27(29)28-32-20(2)31-26-13-22(15-30-16-26)5-6-23-14-25(33-28)8-7-24(23)18-34(3)17-21-9-11-35(19-36)12-10-21/h4,7-8,13-16,19-21,31H,5-6,9-12,17-18H2,1-3H3,(H,32,33)/b27-4+. The predicted molar refractivity (Wildman–Crippen MR) is 149 cm³/mol. The summed E-state index contributed by atoms with van der Waals surface area (Å²) in [6.45, 7) is 7.57. The van der Waals surface area contributed by atoms with Crippen LogP contribution in [0.3, 0.4) is 0 Å². The topological polar surface area (TPSA) is 72.9 Å². The van der Waals surface area contributed by atoms with Crippen LogP contribution in [-0.2, 0) is 24.2 Å². The van der Waals surface area contributed by atoms with Gasteiger partial charge in [-0.1, -0.05) is 23.7 Å². The van der Waals surface area contributed by atoms with Gasteiger partial charge in [0.15, 0.2) is 0 Å². The Morgan fingerprint density at radius 1 is 1.19 bits per heavy atom. The zero-order chi connectivity index (χ0) is 25.5. The normalized spacial score (nSPS) is 20.8. The average Bonchev–Trinajstić information content (AvgIpc) is 2.88. The molecule has 1 atom stereocenters. The first-order valence-electron chi connectivity index (χ1n) is 12.8. The molecule has 1 unspecified atom stereocenters. The molecule has 0 aliphatic carbocycles. The molecule has 0 saturated carbocycles. The van der Waals surface area contributed by atoms with Crippen molar-refractivity contribution >= 4 is 35.2 Å². The van der Waals surface area contributed by atoms with Gasteiger partial charge in [-0.3, -0.25) is 9.78 Å². The van der Waals surface area contributed by atoms with E-state index in [-0.39, 0.29) is 6.17 Å². The zero-order valence-corrected chi connectivity index (χ0v) is 22.3. The number of nitrogens with zero attached hydrogens (tertiary/aromatic N) is 4. The highest BCUT2D eigenvalue weighted by Crippen LogP contribution is 2.24. The molecule has 36 heavy (non-hydrogen) atoms. The number of aromatic nitrogens is 1. The van der Waals surface area contributed by atoms with E-state index in [2.05, 4.69) is 51.8 Å². The number of hydrogen-bond acceptors (Lipinski definition) is 6. The Bertz CT molecular complexity index is 1110. The minimum Gasteiger partial charge on any atom is -0.363 e. The van der Waals surface area contributed by atoms with Crippen LogP contribution in [-0.4, -0.2) is 59.9 Å². The summed E-state index contributed by atoms with van der Waals surface area (Å²) in [6.07, 6.45) is 10.4. The number of likely N-dealkylation sites (tertiary alicyclic amines) is 1. The number of fused-ring (bicyclic) bond motifs is 4. The van der Waals surface area contributed by atoms with Gasteiger partial charge in [0, 0.05) is 38.1 Å². The molecule has 8 heteroatoms. The van der Waals surface area contributed by atoms with Gasteiger partial charge in [-0.2, -0.15) is 0 Å². The molecule has 0 spiro atoms. The molecule has 4 bridgehead atoms. The van der Waals surface area contributed by atoms with E-state index in [1.807, 2.05) is 37.2 Å². The minimum absolute atomic E-state index is 0.176. The highest BCUT2D eigenvalue weighted by atomic mass is 35.5. The van der Waals surface area contributed by atoms with E-state index < -0.39 is 0 Å². The molecular formula is C28H37ClN6O. The monoisotopic (exact) mass is 508 g/mol. The molecule has 1 aromatic carbocycles. The first-order valence-corrected chi connectivity index (χ1v) is 13.2. The third kappa shape index (κ3) is 7.08. The smallest absolute Gasteiger partial charge is 0.209 e. The Morgan fingerprint density at radius 2 is 2.00 bits per heavy atom. The quantitative estimate of drug-likeness (QED) is 0.543. The first kappa shape index (κ1) is 26.2. The molecule has 1 amide bonds. The molecule has 1 fully saturated rings. The van der Waals surface area contributed by atoms with Crippen molar-refractivity contribution in [1.82, 2.24) is 14.8 Å². The molecule has 0 radical (unpaired) electrons. The van der Waals surface area contributed by atoms with Crippen molar-refractivity contribution in [2.24, 2.45) is 10.9 Å². The van der Waals surface area contributed by atoms with Gasteiger partial charge in [-0.25, -0.2) is 4.99 Å². The van der Waals surface area contributed by atoms with E-state index in [0.717, 1.165) is 69.6 Å². The number of piperidine rings is 1. The summed E-state index contributed by atoms with van der Waals surface area (Å²) in [5.41, 5.74) is 5.76. The summed E-state index contributed by atoms with van der Waals surface area (Å²) in [6, 6.07) is 8.72. The lowest BCUT2D eigenvalue weighted by Crippen LogP contribution is -2.37. The van der Waals surface area contributed by atoms with Crippen LogP contribution in [0.15, 0.2) is 52.8 Å². The molecule has 1 saturated heterocycles. The van der Waals surface area contributed by atoms with E-state index in [1.54, 1.807) is 0 Å². The first-order chi connectivity index (χ1) is 17.4. The summed E-state index contributed by atoms with van der Waals surface area (Å²) in [7, 11) is 2.20. The van der Waals surface area contributed by atoms with Crippen LogP contribution < -0.4 is 10.6 Å². The number of anilines is 2. The van der Waals surface area contributed by atoms with Gasteiger partial charge >= 0.3 is 0 Å². The number of nitrogens with one attached hydrogen (secondary N) is 2. The van der Waals surface area contributed by atoms with Crippen molar-refractivity contribution in [3.8, 4) is 0 Å². The summed E-state index contributed by atoms with van der Waals surface area (Å²) < 4.78 is 0.